The third-order valence-corrected chi connectivity index (χ3v) is 9.63. The maximum atomic E-state index is 12.8. The van der Waals surface area contributed by atoms with Crippen molar-refractivity contribution in [2.45, 2.75) is 39.0 Å². The molecule has 1 unspecified atom stereocenters. The Labute approximate surface area is 300 Å². The number of anilines is 4. The van der Waals surface area contributed by atoms with E-state index >= 15 is 0 Å². The van der Waals surface area contributed by atoms with E-state index in [-0.39, 0.29) is 30.2 Å². The third-order valence-electron chi connectivity index (χ3n) is 8.72. The van der Waals surface area contributed by atoms with Gasteiger partial charge in [-0.15, -0.1) is 0 Å². The van der Waals surface area contributed by atoms with E-state index in [1.54, 1.807) is 24.4 Å². The van der Waals surface area contributed by atoms with Crippen LogP contribution in [0.2, 0.25) is 0 Å². The van der Waals surface area contributed by atoms with Crippen LogP contribution in [0.25, 0.3) is 0 Å². The summed E-state index contributed by atoms with van der Waals surface area (Å²) in [7, 11) is 0. The number of piperidine rings is 1. The highest BCUT2D eigenvalue weighted by Gasteiger charge is 2.28. The Balaban J connectivity index is 0.904. The number of amides is 4. The lowest BCUT2D eigenvalue weighted by Crippen LogP contribution is -2.47. The molecule has 2 aliphatic heterocycles. The number of nitrogens with one attached hydrogen (secondary N) is 4. The molecule has 0 radical (unpaired) electrons. The molecule has 4 aromatic rings. The monoisotopic (exact) mass is 711 g/mol. The number of hydrogen-bond donors (Lipinski definition) is 4. The van der Waals surface area contributed by atoms with Crippen LogP contribution in [-0.2, 0) is 14.4 Å². The van der Waals surface area contributed by atoms with Gasteiger partial charge in [0.15, 0.2) is 11.7 Å². The normalized spacial score (nSPS) is 16.4. The van der Waals surface area contributed by atoms with E-state index in [1.165, 1.54) is 11.3 Å². The standard InChI is InChI=1S/C36H41N9O5S/c1-23-7-3-4-10-28(23)41-35(49)29-21-38-36(51-29)42-30-20-31(40-24(2)39-30)45-17-15-44(16-18-45)14-6-13-37-33(47)22-50-26-9-5-8-25(19-26)27-11-12-32(46)43-34(27)48/h3-5,7-10,19-21,27H,6,11-18,22H2,1-2H3,(H,37,47)(H,41,49)(H,43,46,48)(H,38,39,40,42). The Morgan fingerprint density at radius 1 is 1.02 bits per heavy atom. The second-order valence-electron chi connectivity index (χ2n) is 12.5. The molecule has 4 heterocycles. The number of rotatable bonds is 13. The minimum atomic E-state index is -0.406. The maximum Gasteiger partial charge on any atom is 0.267 e. The average Bonchev–Trinajstić information content (AvgIpc) is 3.59. The molecule has 6 rings (SSSR count). The fourth-order valence-corrected chi connectivity index (χ4v) is 6.70. The van der Waals surface area contributed by atoms with Crippen molar-refractivity contribution < 1.29 is 23.9 Å². The molecule has 2 fully saturated rings. The average molecular weight is 712 g/mol. The van der Waals surface area contributed by atoms with Gasteiger partial charge in [0.2, 0.25) is 11.8 Å². The Hall–Kier alpha value is -5.41. The predicted octanol–water partition coefficient (Wildman–Crippen LogP) is 3.77. The summed E-state index contributed by atoms with van der Waals surface area (Å²) in [5.74, 6) is 1.18. The number of ether oxygens (including phenoxy) is 1. The second kappa shape index (κ2) is 16.5. The molecule has 1 atom stereocenters. The van der Waals surface area contributed by atoms with Gasteiger partial charge in [-0.2, -0.15) is 0 Å². The number of aromatic nitrogens is 3. The number of carbonyl (C=O) groups is 4. The van der Waals surface area contributed by atoms with E-state index < -0.39 is 5.92 Å². The zero-order valence-electron chi connectivity index (χ0n) is 28.6. The number of benzene rings is 2. The van der Waals surface area contributed by atoms with Crippen LogP contribution in [0.1, 0.15) is 51.8 Å². The highest BCUT2D eigenvalue weighted by Crippen LogP contribution is 2.28. The lowest BCUT2D eigenvalue weighted by Gasteiger charge is -2.35. The molecular weight excluding hydrogens is 671 g/mol. The number of thiazole rings is 1. The second-order valence-corrected chi connectivity index (χ2v) is 13.5. The highest BCUT2D eigenvalue weighted by atomic mass is 32.1. The number of nitrogens with zero attached hydrogens (tertiary/aromatic N) is 5. The Morgan fingerprint density at radius 3 is 2.65 bits per heavy atom. The Kier molecular flexibility index (Phi) is 11.5. The van der Waals surface area contributed by atoms with E-state index in [1.807, 2.05) is 50.2 Å². The van der Waals surface area contributed by atoms with Crippen LogP contribution >= 0.6 is 11.3 Å². The number of carbonyl (C=O) groups excluding carboxylic acids is 4. The summed E-state index contributed by atoms with van der Waals surface area (Å²) in [6.07, 6.45) is 3.11. The maximum absolute atomic E-state index is 12.8. The molecule has 15 heteroatoms. The number of imide groups is 1. The molecule has 266 valence electrons. The van der Waals surface area contributed by atoms with Gasteiger partial charge in [-0.25, -0.2) is 15.0 Å². The molecule has 0 aliphatic carbocycles. The topological polar surface area (TPSA) is 171 Å². The van der Waals surface area contributed by atoms with Gasteiger partial charge in [0.1, 0.15) is 28.1 Å². The molecular formula is C36H41N9O5S. The SMILES string of the molecule is Cc1nc(Nc2ncc(C(=O)Nc3ccccc3C)s2)cc(N2CCN(CCCNC(=O)COc3cccc(C4CCC(=O)NC4=O)c3)CC2)n1. The minimum Gasteiger partial charge on any atom is -0.484 e. The molecule has 2 aromatic carbocycles. The first-order valence-corrected chi connectivity index (χ1v) is 17.8. The fraction of sp³-hybridized carbons (Fsp3) is 0.361. The molecule has 2 aliphatic rings. The molecule has 4 N–H and O–H groups in total. The predicted molar refractivity (Wildman–Crippen MR) is 195 cm³/mol. The van der Waals surface area contributed by atoms with Crippen molar-refractivity contribution in [1.29, 1.82) is 0 Å². The third kappa shape index (κ3) is 9.64. The largest absolute Gasteiger partial charge is 0.484 e. The van der Waals surface area contributed by atoms with E-state index in [4.69, 9.17) is 4.74 Å². The molecule has 0 saturated carbocycles. The molecule has 2 aromatic heterocycles. The zero-order chi connectivity index (χ0) is 35.7. The summed E-state index contributed by atoms with van der Waals surface area (Å²) in [5.41, 5.74) is 2.51. The van der Waals surface area contributed by atoms with Gasteiger partial charge in [-0.3, -0.25) is 29.4 Å². The van der Waals surface area contributed by atoms with Crippen molar-refractivity contribution in [3.63, 3.8) is 0 Å². The van der Waals surface area contributed by atoms with Crippen LogP contribution < -0.4 is 30.9 Å². The van der Waals surface area contributed by atoms with Gasteiger partial charge in [0.25, 0.3) is 11.8 Å². The van der Waals surface area contributed by atoms with Crippen LogP contribution in [-0.4, -0.2) is 89.4 Å². The van der Waals surface area contributed by atoms with Crippen molar-refractivity contribution in [2.75, 3.05) is 61.4 Å². The summed E-state index contributed by atoms with van der Waals surface area (Å²) in [6, 6.07) is 16.6. The van der Waals surface area contributed by atoms with Gasteiger partial charge in [-0.05, 0) is 62.6 Å². The van der Waals surface area contributed by atoms with Gasteiger partial charge in [0.05, 0.1) is 12.1 Å². The molecule has 2 saturated heterocycles. The smallest absolute Gasteiger partial charge is 0.267 e. The quantitative estimate of drug-likeness (QED) is 0.118. The van der Waals surface area contributed by atoms with E-state index in [0.717, 1.165) is 61.8 Å². The number of piperazine rings is 1. The summed E-state index contributed by atoms with van der Waals surface area (Å²) in [6.45, 7) is 8.38. The van der Waals surface area contributed by atoms with Gasteiger partial charge >= 0.3 is 0 Å². The van der Waals surface area contributed by atoms with Crippen LogP contribution in [0.4, 0.5) is 22.5 Å². The van der Waals surface area contributed by atoms with Gasteiger partial charge in [-0.1, -0.05) is 41.7 Å². The highest BCUT2D eigenvalue weighted by molar-refractivity contribution is 7.17. The fourth-order valence-electron chi connectivity index (χ4n) is 5.99. The van der Waals surface area contributed by atoms with Gasteiger partial charge < -0.3 is 25.6 Å². The zero-order valence-corrected chi connectivity index (χ0v) is 29.4. The molecule has 0 spiro atoms. The summed E-state index contributed by atoms with van der Waals surface area (Å²) < 4.78 is 5.68. The van der Waals surface area contributed by atoms with Crippen LogP contribution in [0.3, 0.4) is 0 Å². The van der Waals surface area contributed by atoms with Crippen LogP contribution in [0.5, 0.6) is 5.75 Å². The summed E-state index contributed by atoms with van der Waals surface area (Å²) in [4.78, 5) is 67.5. The summed E-state index contributed by atoms with van der Waals surface area (Å²) in [5, 5.41) is 12.0. The number of para-hydroxylation sites is 1. The van der Waals surface area contributed by atoms with Crippen molar-refractivity contribution >= 4 is 57.4 Å². The Bertz CT molecular complexity index is 1890. The van der Waals surface area contributed by atoms with E-state index in [2.05, 4.69) is 46.0 Å². The molecule has 4 amide bonds. The van der Waals surface area contributed by atoms with Crippen molar-refractivity contribution in [2.24, 2.45) is 0 Å². The number of aryl methyl sites for hydroxylation is 2. The molecule has 14 nitrogen and oxygen atoms in total. The lowest BCUT2D eigenvalue weighted by atomic mass is 9.90. The minimum absolute atomic E-state index is 0.125. The Morgan fingerprint density at radius 2 is 1.84 bits per heavy atom. The molecule has 0 bridgehead atoms. The van der Waals surface area contributed by atoms with Crippen LogP contribution in [0, 0.1) is 13.8 Å². The first-order chi connectivity index (χ1) is 24.7. The van der Waals surface area contributed by atoms with Crippen molar-refractivity contribution in [3.05, 3.63) is 82.6 Å². The molecule has 51 heavy (non-hydrogen) atoms. The van der Waals surface area contributed by atoms with Crippen LogP contribution in [0.15, 0.2) is 60.8 Å². The van der Waals surface area contributed by atoms with Crippen molar-refractivity contribution in [1.82, 2.24) is 30.5 Å². The van der Waals surface area contributed by atoms with Gasteiger partial charge in [0, 0.05) is 50.9 Å². The first-order valence-electron chi connectivity index (χ1n) is 17.0. The number of hydrogen-bond acceptors (Lipinski definition) is 12. The summed E-state index contributed by atoms with van der Waals surface area (Å²) >= 11 is 1.26. The first kappa shape index (κ1) is 35.4. The lowest BCUT2D eigenvalue weighted by molar-refractivity contribution is -0.134. The van der Waals surface area contributed by atoms with E-state index in [9.17, 15) is 19.2 Å². The van der Waals surface area contributed by atoms with E-state index in [0.29, 0.717) is 46.8 Å². The van der Waals surface area contributed by atoms with Crippen molar-refractivity contribution in [3.8, 4) is 5.75 Å².